The van der Waals surface area contributed by atoms with Crippen LogP contribution in [-0.2, 0) is 22.6 Å². The number of benzene rings is 2. The summed E-state index contributed by atoms with van der Waals surface area (Å²) < 4.78 is 16.5. The van der Waals surface area contributed by atoms with E-state index in [0.29, 0.717) is 51.3 Å². The van der Waals surface area contributed by atoms with E-state index < -0.39 is 6.04 Å². The van der Waals surface area contributed by atoms with Crippen LogP contribution < -0.4 is 19.5 Å². The van der Waals surface area contributed by atoms with E-state index in [1.54, 1.807) is 12.0 Å². The average Bonchev–Trinajstić information content (AvgIpc) is 2.82. The van der Waals surface area contributed by atoms with Gasteiger partial charge in [0.05, 0.1) is 7.11 Å². The van der Waals surface area contributed by atoms with Gasteiger partial charge >= 0.3 is 0 Å². The monoisotopic (exact) mass is 440 g/mol. The van der Waals surface area contributed by atoms with Crippen LogP contribution in [-0.4, -0.2) is 49.6 Å². The molecule has 0 aromatic heterocycles. The Bertz CT molecular complexity index is 930. The Hall–Kier alpha value is -3.22. The minimum atomic E-state index is -0.533. The third-order valence-electron chi connectivity index (χ3n) is 5.46. The van der Waals surface area contributed by atoms with Gasteiger partial charge in [0.2, 0.25) is 11.8 Å². The van der Waals surface area contributed by atoms with E-state index in [4.69, 9.17) is 14.2 Å². The fraction of sp³-hybridized carbons (Fsp3) is 0.440. The molecule has 1 aliphatic rings. The Labute approximate surface area is 189 Å². The van der Waals surface area contributed by atoms with Gasteiger partial charge in [0.15, 0.2) is 11.5 Å². The van der Waals surface area contributed by atoms with Gasteiger partial charge < -0.3 is 24.4 Å². The number of aryl methyl sites for hydroxylation is 1. The summed E-state index contributed by atoms with van der Waals surface area (Å²) in [5.41, 5.74) is 1.91. The molecular formula is C25H32N2O5. The van der Waals surface area contributed by atoms with E-state index in [1.165, 1.54) is 0 Å². The minimum Gasteiger partial charge on any atom is -0.497 e. The van der Waals surface area contributed by atoms with Gasteiger partial charge in [-0.3, -0.25) is 9.59 Å². The van der Waals surface area contributed by atoms with Gasteiger partial charge in [-0.25, -0.2) is 0 Å². The van der Waals surface area contributed by atoms with E-state index in [1.807, 2.05) is 56.3 Å². The fourth-order valence-electron chi connectivity index (χ4n) is 3.82. The smallest absolute Gasteiger partial charge is 0.242 e. The number of rotatable bonds is 10. The molecule has 2 aromatic rings. The highest BCUT2D eigenvalue weighted by Crippen LogP contribution is 2.31. The molecule has 1 atom stereocenters. The summed E-state index contributed by atoms with van der Waals surface area (Å²) in [6, 6.07) is 12.8. The molecule has 1 N–H and O–H groups in total. The Morgan fingerprint density at radius 2 is 1.84 bits per heavy atom. The molecule has 172 valence electrons. The van der Waals surface area contributed by atoms with Crippen molar-refractivity contribution in [1.29, 1.82) is 0 Å². The summed E-state index contributed by atoms with van der Waals surface area (Å²) in [5, 5.41) is 2.86. The Morgan fingerprint density at radius 1 is 1.06 bits per heavy atom. The number of hydrogen-bond acceptors (Lipinski definition) is 5. The van der Waals surface area contributed by atoms with Crippen molar-refractivity contribution in [3.63, 3.8) is 0 Å². The summed E-state index contributed by atoms with van der Waals surface area (Å²) in [5.74, 6) is 1.96. The molecule has 2 aromatic carbocycles. The van der Waals surface area contributed by atoms with Gasteiger partial charge in [-0.1, -0.05) is 25.1 Å². The minimum absolute atomic E-state index is 0.0687. The van der Waals surface area contributed by atoms with E-state index in [2.05, 4.69) is 5.32 Å². The van der Waals surface area contributed by atoms with Gasteiger partial charge in [0, 0.05) is 19.5 Å². The number of nitrogens with one attached hydrogen (secondary N) is 1. The molecule has 3 rings (SSSR count). The number of likely N-dealkylation sites (N-methyl/N-ethyl adjacent to an activating group) is 1. The molecule has 32 heavy (non-hydrogen) atoms. The molecule has 0 spiro atoms. The van der Waals surface area contributed by atoms with Gasteiger partial charge in [-0.05, 0) is 55.2 Å². The largest absolute Gasteiger partial charge is 0.497 e. The first kappa shape index (κ1) is 23.4. The van der Waals surface area contributed by atoms with Crippen molar-refractivity contribution in [3.05, 3.63) is 53.6 Å². The number of amides is 2. The van der Waals surface area contributed by atoms with Crippen LogP contribution in [0.5, 0.6) is 17.2 Å². The molecule has 2 amide bonds. The molecule has 0 bridgehead atoms. The summed E-state index contributed by atoms with van der Waals surface area (Å²) in [4.78, 5) is 27.7. The molecule has 0 aliphatic carbocycles. The Morgan fingerprint density at radius 3 is 2.56 bits per heavy atom. The second kappa shape index (κ2) is 11.4. The molecule has 0 fully saturated rings. The average molecular weight is 441 g/mol. The Kier molecular flexibility index (Phi) is 8.36. The van der Waals surface area contributed by atoms with Crippen molar-refractivity contribution in [2.24, 2.45) is 0 Å². The van der Waals surface area contributed by atoms with Gasteiger partial charge in [0.25, 0.3) is 0 Å². The fourth-order valence-corrected chi connectivity index (χ4v) is 3.82. The first-order valence-electron chi connectivity index (χ1n) is 11.1. The predicted molar refractivity (Wildman–Crippen MR) is 122 cm³/mol. The van der Waals surface area contributed by atoms with Crippen molar-refractivity contribution in [3.8, 4) is 17.2 Å². The van der Waals surface area contributed by atoms with E-state index >= 15 is 0 Å². The zero-order valence-corrected chi connectivity index (χ0v) is 19.1. The van der Waals surface area contributed by atoms with Gasteiger partial charge in [-0.15, -0.1) is 0 Å². The van der Waals surface area contributed by atoms with Crippen molar-refractivity contribution >= 4 is 11.8 Å². The molecule has 1 heterocycles. The highest BCUT2D eigenvalue weighted by Gasteiger charge is 2.28. The maximum Gasteiger partial charge on any atom is 0.242 e. The Balaban J connectivity index is 1.76. The first-order valence-corrected chi connectivity index (χ1v) is 11.1. The summed E-state index contributed by atoms with van der Waals surface area (Å²) in [6.07, 6.45) is 1.38. The molecule has 0 unspecified atom stereocenters. The number of carbonyl (C=O) groups excluding carboxylic acids is 2. The molecular weight excluding hydrogens is 408 g/mol. The van der Waals surface area contributed by atoms with Crippen LogP contribution >= 0.6 is 0 Å². The molecule has 0 radical (unpaired) electrons. The SMILES string of the molecule is CCNC(=O)[C@H](CC)N(Cc1cccc(OC)c1)C(=O)CCc1ccc2c(c1)OCCO2. The standard InChI is InChI=1S/C25H32N2O5/c1-4-21(25(29)26-5-2)27(17-19-7-6-8-20(15-19)30-3)24(28)12-10-18-9-11-22-23(16-18)32-14-13-31-22/h6-9,11,15-16,21H,4-5,10,12-14,17H2,1-3H3,(H,26,29)/t21-/m0/s1. The molecule has 7 heteroatoms. The highest BCUT2D eigenvalue weighted by molar-refractivity contribution is 5.87. The molecule has 1 aliphatic heterocycles. The van der Waals surface area contributed by atoms with Crippen LogP contribution in [0.4, 0.5) is 0 Å². The maximum atomic E-state index is 13.3. The van der Waals surface area contributed by atoms with E-state index in [0.717, 1.165) is 22.6 Å². The number of carbonyl (C=O) groups is 2. The van der Waals surface area contributed by atoms with Crippen molar-refractivity contribution in [2.45, 2.75) is 45.7 Å². The summed E-state index contributed by atoms with van der Waals surface area (Å²) >= 11 is 0. The normalized spacial score (nSPS) is 13.2. The third kappa shape index (κ3) is 5.93. The summed E-state index contributed by atoms with van der Waals surface area (Å²) in [6.45, 7) is 5.73. The number of methoxy groups -OCH3 is 1. The third-order valence-corrected chi connectivity index (χ3v) is 5.46. The summed E-state index contributed by atoms with van der Waals surface area (Å²) in [7, 11) is 1.61. The molecule has 0 saturated carbocycles. The lowest BCUT2D eigenvalue weighted by molar-refractivity contribution is -0.141. The zero-order valence-electron chi connectivity index (χ0n) is 19.1. The second-order valence-electron chi connectivity index (χ2n) is 7.67. The van der Waals surface area contributed by atoms with Crippen LogP contribution in [0.1, 0.15) is 37.8 Å². The number of fused-ring (bicyclic) bond motifs is 1. The molecule has 7 nitrogen and oxygen atoms in total. The highest BCUT2D eigenvalue weighted by atomic mass is 16.6. The lowest BCUT2D eigenvalue weighted by atomic mass is 10.1. The van der Waals surface area contributed by atoms with Crippen LogP contribution in [0.25, 0.3) is 0 Å². The van der Waals surface area contributed by atoms with Crippen LogP contribution in [0.2, 0.25) is 0 Å². The zero-order chi connectivity index (χ0) is 22.9. The number of nitrogens with zero attached hydrogens (tertiary/aromatic N) is 1. The van der Waals surface area contributed by atoms with Crippen molar-refractivity contribution < 1.29 is 23.8 Å². The lowest BCUT2D eigenvalue weighted by Gasteiger charge is -2.30. The number of hydrogen-bond donors (Lipinski definition) is 1. The van der Waals surface area contributed by atoms with Crippen LogP contribution in [0, 0.1) is 0 Å². The first-order chi connectivity index (χ1) is 15.5. The van der Waals surface area contributed by atoms with Crippen LogP contribution in [0.3, 0.4) is 0 Å². The topological polar surface area (TPSA) is 77.1 Å². The van der Waals surface area contributed by atoms with Gasteiger partial charge in [-0.2, -0.15) is 0 Å². The lowest BCUT2D eigenvalue weighted by Crippen LogP contribution is -2.49. The number of ether oxygens (including phenoxy) is 3. The van der Waals surface area contributed by atoms with Gasteiger partial charge in [0.1, 0.15) is 25.0 Å². The molecule has 0 saturated heterocycles. The van der Waals surface area contributed by atoms with Crippen molar-refractivity contribution in [2.75, 3.05) is 26.9 Å². The van der Waals surface area contributed by atoms with Crippen molar-refractivity contribution in [1.82, 2.24) is 10.2 Å². The van der Waals surface area contributed by atoms with E-state index in [9.17, 15) is 9.59 Å². The second-order valence-corrected chi connectivity index (χ2v) is 7.67. The quantitative estimate of drug-likeness (QED) is 0.613. The van der Waals surface area contributed by atoms with Crippen LogP contribution in [0.15, 0.2) is 42.5 Å². The maximum absolute atomic E-state index is 13.3. The van der Waals surface area contributed by atoms with E-state index in [-0.39, 0.29) is 11.8 Å². The predicted octanol–water partition coefficient (Wildman–Crippen LogP) is 3.34.